The van der Waals surface area contributed by atoms with Crippen molar-refractivity contribution in [2.45, 2.75) is 57.7 Å². The topological polar surface area (TPSA) is 50.3 Å². The lowest BCUT2D eigenvalue weighted by Crippen LogP contribution is -2.48. The van der Waals surface area contributed by atoms with Crippen LogP contribution in [-0.2, 0) is 0 Å². The van der Waals surface area contributed by atoms with Gasteiger partial charge in [0.1, 0.15) is 12.1 Å². The van der Waals surface area contributed by atoms with Crippen LogP contribution < -0.4 is 15.0 Å². The van der Waals surface area contributed by atoms with Gasteiger partial charge in [0, 0.05) is 24.7 Å². The van der Waals surface area contributed by atoms with Gasteiger partial charge in [0.05, 0.1) is 12.7 Å². The Morgan fingerprint density at radius 3 is 2.60 bits per heavy atom. The molecule has 1 N–H and O–H groups in total. The molecule has 2 atom stereocenters. The second-order valence-electron chi connectivity index (χ2n) is 5.88. The highest BCUT2D eigenvalue weighted by Crippen LogP contribution is 2.33. The van der Waals surface area contributed by atoms with Gasteiger partial charge in [0.2, 0.25) is 5.88 Å². The van der Waals surface area contributed by atoms with Crippen LogP contribution in [0, 0.1) is 6.92 Å². The van der Waals surface area contributed by atoms with E-state index in [0.717, 1.165) is 17.9 Å². The fourth-order valence-electron chi connectivity index (χ4n) is 3.78. The SMILES string of the molecule is CCN(c1ncnc(OC)c1C)C1CC2CCC(C1)N2. The summed E-state index contributed by atoms with van der Waals surface area (Å²) in [6, 6.07) is 1.96. The lowest BCUT2D eigenvalue weighted by atomic mass is 9.98. The van der Waals surface area contributed by atoms with Crippen LogP contribution in [0.5, 0.6) is 5.88 Å². The summed E-state index contributed by atoms with van der Waals surface area (Å²) >= 11 is 0. The highest BCUT2D eigenvalue weighted by atomic mass is 16.5. The van der Waals surface area contributed by atoms with Crippen molar-refractivity contribution < 1.29 is 4.74 Å². The molecule has 2 aliphatic heterocycles. The molecule has 0 aliphatic carbocycles. The minimum Gasteiger partial charge on any atom is -0.481 e. The molecule has 2 bridgehead atoms. The normalized spacial score (nSPS) is 28.4. The fraction of sp³-hybridized carbons (Fsp3) is 0.733. The molecule has 0 saturated carbocycles. The number of piperidine rings is 1. The summed E-state index contributed by atoms with van der Waals surface area (Å²) in [7, 11) is 1.67. The molecule has 2 aliphatic rings. The molecular weight excluding hydrogens is 252 g/mol. The molecule has 0 amide bonds. The number of anilines is 1. The van der Waals surface area contributed by atoms with Crippen LogP contribution >= 0.6 is 0 Å². The molecule has 0 radical (unpaired) electrons. The summed E-state index contributed by atoms with van der Waals surface area (Å²) in [4.78, 5) is 11.1. The molecule has 2 unspecified atom stereocenters. The van der Waals surface area contributed by atoms with Gasteiger partial charge in [0.25, 0.3) is 0 Å². The van der Waals surface area contributed by atoms with Crippen LogP contribution in [0.1, 0.15) is 38.2 Å². The number of nitrogens with zero attached hydrogens (tertiary/aromatic N) is 3. The Hall–Kier alpha value is -1.36. The van der Waals surface area contributed by atoms with Gasteiger partial charge in [0.15, 0.2) is 0 Å². The Morgan fingerprint density at radius 1 is 1.30 bits per heavy atom. The van der Waals surface area contributed by atoms with E-state index in [4.69, 9.17) is 4.74 Å². The van der Waals surface area contributed by atoms with E-state index in [-0.39, 0.29) is 0 Å². The maximum Gasteiger partial charge on any atom is 0.221 e. The molecular formula is C15H24N4O. The predicted molar refractivity (Wildman–Crippen MR) is 79.3 cm³/mol. The monoisotopic (exact) mass is 276 g/mol. The highest BCUT2D eigenvalue weighted by Gasteiger charge is 2.36. The Balaban J connectivity index is 1.86. The number of hydrogen-bond acceptors (Lipinski definition) is 5. The van der Waals surface area contributed by atoms with Gasteiger partial charge in [-0.15, -0.1) is 0 Å². The third-order valence-corrected chi connectivity index (χ3v) is 4.71. The zero-order valence-corrected chi connectivity index (χ0v) is 12.6. The average Bonchev–Trinajstić information content (AvgIpc) is 2.80. The third-order valence-electron chi connectivity index (χ3n) is 4.71. The van der Waals surface area contributed by atoms with E-state index in [0.29, 0.717) is 24.0 Å². The van der Waals surface area contributed by atoms with Crippen LogP contribution in [0.2, 0.25) is 0 Å². The van der Waals surface area contributed by atoms with E-state index in [1.807, 2.05) is 6.92 Å². The lowest BCUT2D eigenvalue weighted by molar-refractivity contribution is 0.346. The molecule has 110 valence electrons. The molecule has 5 nitrogen and oxygen atoms in total. The molecule has 0 aromatic carbocycles. The molecule has 1 aromatic heterocycles. The van der Waals surface area contributed by atoms with Gasteiger partial charge in [-0.1, -0.05) is 0 Å². The van der Waals surface area contributed by atoms with Crippen LogP contribution in [0.25, 0.3) is 0 Å². The molecule has 3 rings (SSSR count). The lowest BCUT2D eigenvalue weighted by Gasteiger charge is -2.38. The Morgan fingerprint density at radius 2 is 2.00 bits per heavy atom. The zero-order valence-electron chi connectivity index (χ0n) is 12.6. The van der Waals surface area contributed by atoms with Crippen molar-refractivity contribution in [1.82, 2.24) is 15.3 Å². The van der Waals surface area contributed by atoms with E-state index >= 15 is 0 Å². The van der Waals surface area contributed by atoms with Gasteiger partial charge < -0.3 is 15.0 Å². The molecule has 2 saturated heterocycles. The van der Waals surface area contributed by atoms with Gasteiger partial charge in [-0.3, -0.25) is 0 Å². The summed E-state index contributed by atoms with van der Waals surface area (Å²) in [5, 5.41) is 3.70. The molecule has 0 spiro atoms. The van der Waals surface area contributed by atoms with Crippen molar-refractivity contribution in [2.75, 3.05) is 18.6 Å². The standard InChI is InChI=1S/C15H24N4O/c1-4-19(13-7-11-5-6-12(8-13)18-11)14-10(2)15(20-3)17-9-16-14/h9,11-13,18H,4-8H2,1-3H3. The predicted octanol–water partition coefficient (Wildman–Crippen LogP) is 1.90. The molecule has 3 heterocycles. The van der Waals surface area contributed by atoms with Crippen molar-refractivity contribution >= 4 is 5.82 Å². The second kappa shape index (κ2) is 5.56. The van der Waals surface area contributed by atoms with Gasteiger partial charge in [-0.25, -0.2) is 9.97 Å². The van der Waals surface area contributed by atoms with E-state index in [2.05, 4.69) is 27.1 Å². The summed E-state index contributed by atoms with van der Waals surface area (Å²) in [5.41, 5.74) is 1.04. The van der Waals surface area contributed by atoms with Crippen LogP contribution in [0.15, 0.2) is 6.33 Å². The number of fused-ring (bicyclic) bond motifs is 2. The first-order valence-electron chi connectivity index (χ1n) is 7.61. The number of nitrogens with one attached hydrogen (secondary N) is 1. The van der Waals surface area contributed by atoms with Crippen LogP contribution in [0.3, 0.4) is 0 Å². The maximum absolute atomic E-state index is 5.33. The van der Waals surface area contributed by atoms with E-state index in [1.54, 1.807) is 13.4 Å². The summed E-state index contributed by atoms with van der Waals surface area (Å²) in [6.07, 6.45) is 6.70. The van der Waals surface area contributed by atoms with Crippen molar-refractivity contribution in [3.8, 4) is 5.88 Å². The van der Waals surface area contributed by atoms with Gasteiger partial charge >= 0.3 is 0 Å². The summed E-state index contributed by atoms with van der Waals surface area (Å²) in [6.45, 7) is 5.23. The highest BCUT2D eigenvalue weighted by molar-refractivity contribution is 5.51. The number of ether oxygens (including phenoxy) is 1. The van der Waals surface area contributed by atoms with Crippen molar-refractivity contribution in [2.24, 2.45) is 0 Å². The Labute approximate surface area is 120 Å². The number of methoxy groups -OCH3 is 1. The molecule has 1 aromatic rings. The first-order valence-corrected chi connectivity index (χ1v) is 7.61. The average molecular weight is 276 g/mol. The van der Waals surface area contributed by atoms with Gasteiger partial charge in [-0.05, 0) is 39.5 Å². The fourth-order valence-corrected chi connectivity index (χ4v) is 3.78. The van der Waals surface area contributed by atoms with E-state index in [9.17, 15) is 0 Å². The number of aromatic nitrogens is 2. The van der Waals surface area contributed by atoms with Crippen LogP contribution in [0.4, 0.5) is 5.82 Å². The second-order valence-corrected chi connectivity index (χ2v) is 5.88. The smallest absolute Gasteiger partial charge is 0.221 e. The molecule has 5 heteroatoms. The van der Waals surface area contributed by atoms with Crippen LogP contribution in [-0.4, -0.2) is 41.7 Å². The minimum absolute atomic E-state index is 0.581. The largest absolute Gasteiger partial charge is 0.481 e. The van der Waals surface area contributed by atoms with Crippen molar-refractivity contribution in [3.63, 3.8) is 0 Å². The van der Waals surface area contributed by atoms with Crippen molar-refractivity contribution in [1.29, 1.82) is 0 Å². The summed E-state index contributed by atoms with van der Waals surface area (Å²) in [5.74, 6) is 1.72. The van der Waals surface area contributed by atoms with Crippen molar-refractivity contribution in [3.05, 3.63) is 11.9 Å². The minimum atomic E-state index is 0.581. The quantitative estimate of drug-likeness (QED) is 0.910. The van der Waals surface area contributed by atoms with E-state index in [1.165, 1.54) is 25.7 Å². The summed E-state index contributed by atoms with van der Waals surface area (Å²) < 4.78 is 5.33. The Bertz CT molecular complexity index is 467. The number of rotatable bonds is 4. The Kier molecular flexibility index (Phi) is 3.78. The van der Waals surface area contributed by atoms with E-state index < -0.39 is 0 Å². The first-order chi connectivity index (χ1) is 9.72. The van der Waals surface area contributed by atoms with Gasteiger partial charge in [-0.2, -0.15) is 0 Å². The molecule has 2 fully saturated rings. The number of hydrogen-bond donors (Lipinski definition) is 1. The third kappa shape index (κ3) is 2.35. The zero-order chi connectivity index (χ0) is 14.1. The maximum atomic E-state index is 5.33. The molecule has 20 heavy (non-hydrogen) atoms. The first kappa shape index (κ1) is 13.6.